The zero-order valence-electron chi connectivity index (χ0n) is 9.64. The third kappa shape index (κ3) is 2.23. The fourth-order valence-corrected chi connectivity index (χ4v) is 2.78. The first kappa shape index (κ1) is 12.6. The van der Waals surface area contributed by atoms with Crippen LogP contribution in [0.3, 0.4) is 0 Å². The van der Waals surface area contributed by atoms with Crippen molar-refractivity contribution in [2.45, 2.75) is 6.92 Å². The predicted octanol–water partition coefficient (Wildman–Crippen LogP) is 3.46. The van der Waals surface area contributed by atoms with Crippen molar-refractivity contribution in [3.05, 3.63) is 50.9 Å². The topological polar surface area (TPSA) is 62.7 Å². The lowest BCUT2D eigenvalue weighted by atomic mass is 10.1. The molecular weight excluding hydrogens is 266 g/mol. The Hall–Kier alpha value is -1.83. The van der Waals surface area contributed by atoms with Gasteiger partial charge in [0.25, 0.3) is 0 Å². The zero-order chi connectivity index (χ0) is 13.1. The van der Waals surface area contributed by atoms with E-state index >= 15 is 0 Å². The van der Waals surface area contributed by atoms with E-state index < -0.39 is 0 Å². The van der Waals surface area contributed by atoms with Gasteiger partial charge in [0.2, 0.25) is 0 Å². The van der Waals surface area contributed by atoms with Crippen LogP contribution in [0.2, 0.25) is 5.02 Å². The fraction of sp³-hybridized carbons (Fsp3) is 0.0769. The van der Waals surface area contributed by atoms with Crippen molar-refractivity contribution in [1.29, 1.82) is 5.26 Å². The van der Waals surface area contributed by atoms with Crippen molar-refractivity contribution < 1.29 is 0 Å². The minimum absolute atomic E-state index is 0.395. The summed E-state index contributed by atoms with van der Waals surface area (Å²) in [7, 11) is 0. The number of aromatic nitrogens is 1. The van der Waals surface area contributed by atoms with Crippen LogP contribution in [0, 0.1) is 18.3 Å². The molecule has 90 valence electrons. The van der Waals surface area contributed by atoms with Gasteiger partial charge in [-0.05, 0) is 23.9 Å². The molecule has 0 atom stereocenters. The monoisotopic (exact) mass is 275 g/mol. The quantitative estimate of drug-likeness (QED) is 0.854. The summed E-state index contributed by atoms with van der Waals surface area (Å²) >= 11 is 7.60. The molecule has 0 aliphatic rings. The smallest absolute Gasteiger partial charge is 0.102 e. The summed E-state index contributed by atoms with van der Waals surface area (Å²) < 4.78 is 0. The molecule has 0 radical (unpaired) electrons. The molecule has 2 rings (SSSR count). The minimum atomic E-state index is 0.395. The largest absolute Gasteiger partial charge is 0.396 e. The molecule has 0 saturated carbocycles. The van der Waals surface area contributed by atoms with Gasteiger partial charge in [-0.2, -0.15) is 5.26 Å². The maximum absolute atomic E-state index is 9.25. The lowest BCUT2D eigenvalue weighted by Gasteiger charge is -2.04. The molecule has 3 nitrogen and oxygen atoms in total. The van der Waals surface area contributed by atoms with Crippen LogP contribution in [0.5, 0.6) is 0 Å². The summed E-state index contributed by atoms with van der Waals surface area (Å²) in [6.45, 7) is 1.91. The standard InChI is InChI=1S/C13H10ClN3S/c1-8-7-18-13(11(8)14)12(16)10(5-15)9-3-2-4-17-6-9/h2-4,6-7H,16H2,1H3/b12-10+. The van der Waals surface area contributed by atoms with Gasteiger partial charge in [-0.15, -0.1) is 11.3 Å². The SMILES string of the molecule is Cc1csc(/C(N)=C(/C#N)c2cccnc2)c1Cl. The van der Waals surface area contributed by atoms with E-state index in [1.807, 2.05) is 12.3 Å². The normalized spacial score (nSPS) is 11.8. The Kier molecular flexibility index (Phi) is 3.66. The van der Waals surface area contributed by atoms with Crippen LogP contribution < -0.4 is 5.73 Å². The van der Waals surface area contributed by atoms with Crippen LogP contribution in [0.25, 0.3) is 11.3 Å². The minimum Gasteiger partial charge on any atom is -0.396 e. The van der Waals surface area contributed by atoms with Crippen LogP contribution >= 0.6 is 22.9 Å². The molecule has 2 aromatic rings. The Labute approximate surface area is 114 Å². The Morgan fingerprint density at radius 1 is 1.56 bits per heavy atom. The van der Waals surface area contributed by atoms with Crippen molar-refractivity contribution in [1.82, 2.24) is 4.98 Å². The number of rotatable bonds is 2. The molecule has 0 amide bonds. The van der Waals surface area contributed by atoms with Gasteiger partial charge in [0.1, 0.15) is 6.07 Å². The van der Waals surface area contributed by atoms with Gasteiger partial charge in [-0.1, -0.05) is 17.7 Å². The van der Waals surface area contributed by atoms with Gasteiger partial charge >= 0.3 is 0 Å². The van der Waals surface area contributed by atoms with E-state index in [1.54, 1.807) is 24.5 Å². The lowest BCUT2D eigenvalue weighted by Crippen LogP contribution is -1.99. The average molecular weight is 276 g/mol. The van der Waals surface area contributed by atoms with E-state index in [4.69, 9.17) is 17.3 Å². The summed E-state index contributed by atoms with van der Waals surface area (Å²) in [5.41, 5.74) is 8.50. The summed E-state index contributed by atoms with van der Waals surface area (Å²) in [5.74, 6) is 0. The van der Waals surface area contributed by atoms with Crippen LogP contribution in [-0.2, 0) is 0 Å². The number of pyridine rings is 1. The van der Waals surface area contributed by atoms with E-state index in [-0.39, 0.29) is 0 Å². The molecule has 0 aromatic carbocycles. The molecular formula is C13H10ClN3S. The number of aryl methyl sites for hydroxylation is 1. The maximum Gasteiger partial charge on any atom is 0.102 e. The summed E-state index contributed by atoms with van der Waals surface area (Å²) in [6.07, 6.45) is 3.26. The lowest BCUT2D eigenvalue weighted by molar-refractivity contribution is 1.31. The molecule has 0 bridgehead atoms. The first-order chi connectivity index (χ1) is 8.65. The first-order valence-electron chi connectivity index (χ1n) is 5.19. The molecule has 0 aliphatic carbocycles. The first-order valence-corrected chi connectivity index (χ1v) is 6.45. The number of thiophene rings is 1. The Morgan fingerprint density at radius 2 is 2.33 bits per heavy atom. The number of nitrogens with two attached hydrogens (primary N) is 1. The number of hydrogen-bond acceptors (Lipinski definition) is 4. The molecule has 0 fully saturated rings. The molecule has 0 spiro atoms. The van der Waals surface area contributed by atoms with E-state index in [9.17, 15) is 5.26 Å². The van der Waals surface area contributed by atoms with E-state index in [2.05, 4.69) is 11.1 Å². The summed E-state index contributed by atoms with van der Waals surface area (Å²) in [6, 6.07) is 5.68. The molecule has 2 heterocycles. The van der Waals surface area contributed by atoms with E-state index in [0.29, 0.717) is 21.9 Å². The second kappa shape index (κ2) is 5.21. The van der Waals surface area contributed by atoms with Gasteiger partial charge in [-0.3, -0.25) is 4.98 Å². The second-order valence-electron chi connectivity index (χ2n) is 3.70. The molecule has 0 aliphatic heterocycles. The zero-order valence-corrected chi connectivity index (χ0v) is 11.2. The number of nitriles is 1. The maximum atomic E-state index is 9.25. The van der Waals surface area contributed by atoms with Crippen LogP contribution in [0.4, 0.5) is 0 Å². The third-order valence-corrected chi connectivity index (χ3v) is 4.21. The Balaban J connectivity index is 2.59. The molecule has 0 unspecified atom stereocenters. The highest BCUT2D eigenvalue weighted by molar-refractivity contribution is 7.12. The van der Waals surface area contributed by atoms with Crippen LogP contribution in [-0.4, -0.2) is 4.98 Å². The predicted molar refractivity (Wildman–Crippen MR) is 74.9 cm³/mol. The third-order valence-electron chi connectivity index (χ3n) is 2.48. The highest BCUT2D eigenvalue weighted by Gasteiger charge is 2.14. The van der Waals surface area contributed by atoms with E-state index in [0.717, 1.165) is 10.4 Å². The van der Waals surface area contributed by atoms with Gasteiger partial charge in [-0.25, -0.2) is 0 Å². The Morgan fingerprint density at radius 3 is 2.83 bits per heavy atom. The fourth-order valence-electron chi connectivity index (χ4n) is 1.52. The molecule has 2 N–H and O–H groups in total. The highest BCUT2D eigenvalue weighted by atomic mass is 35.5. The average Bonchev–Trinajstić information content (AvgIpc) is 2.72. The summed E-state index contributed by atoms with van der Waals surface area (Å²) in [4.78, 5) is 4.72. The van der Waals surface area contributed by atoms with Crippen molar-refractivity contribution in [3.63, 3.8) is 0 Å². The highest BCUT2D eigenvalue weighted by Crippen LogP contribution is 2.34. The van der Waals surface area contributed by atoms with Crippen molar-refractivity contribution in [2.24, 2.45) is 5.73 Å². The number of hydrogen-bond donors (Lipinski definition) is 1. The van der Waals surface area contributed by atoms with Gasteiger partial charge < -0.3 is 5.73 Å². The van der Waals surface area contributed by atoms with Gasteiger partial charge in [0, 0.05) is 18.0 Å². The number of allylic oxidation sites excluding steroid dienone is 1. The molecule has 0 saturated heterocycles. The van der Waals surface area contributed by atoms with Crippen molar-refractivity contribution in [2.75, 3.05) is 0 Å². The molecule has 18 heavy (non-hydrogen) atoms. The summed E-state index contributed by atoms with van der Waals surface area (Å²) in [5, 5.41) is 11.8. The van der Waals surface area contributed by atoms with Gasteiger partial charge in [0.05, 0.1) is 21.2 Å². The number of nitrogens with zero attached hydrogens (tertiary/aromatic N) is 2. The van der Waals surface area contributed by atoms with Crippen LogP contribution in [0.1, 0.15) is 16.0 Å². The second-order valence-corrected chi connectivity index (χ2v) is 4.96. The van der Waals surface area contributed by atoms with Crippen molar-refractivity contribution >= 4 is 34.2 Å². The molecule has 5 heteroatoms. The molecule has 2 aromatic heterocycles. The van der Waals surface area contributed by atoms with Crippen molar-refractivity contribution in [3.8, 4) is 6.07 Å². The van der Waals surface area contributed by atoms with Gasteiger partial charge in [0.15, 0.2) is 0 Å². The number of halogens is 1. The van der Waals surface area contributed by atoms with Crippen LogP contribution in [0.15, 0.2) is 29.9 Å². The van der Waals surface area contributed by atoms with E-state index in [1.165, 1.54) is 11.3 Å². The Bertz CT molecular complexity index is 638.